The summed E-state index contributed by atoms with van der Waals surface area (Å²) in [4.78, 5) is 12.9. The van der Waals surface area contributed by atoms with Crippen LogP contribution in [0.2, 0.25) is 0 Å². The Morgan fingerprint density at radius 2 is 2.00 bits per heavy atom. The highest BCUT2D eigenvalue weighted by atomic mass is 127. The van der Waals surface area contributed by atoms with Crippen molar-refractivity contribution in [2.75, 3.05) is 20.1 Å². The Balaban J connectivity index is 0.00000312. The van der Waals surface area contributed by atoms with Gasteiger partial charge in [-0.3, -0.25) is 9.98 Å². The number of aliphatic imine (C=N–C) groups is 1. The lowest BCUT2D eigenvalue weighted by molar-refractivity contribution is 0.368. The molecule has 0 aromatic carbocycles. The molecule has 0 amide bonds. The SMILES string of the molecule is CN=C(NCCCc1nc(C(C)C)no1)NCCc1ccccn1.I. The minimum Gasteiger partial charge on any atom is -0.356 e. The van der Waals surface area contributed by atoms with Crippen molar-refractivity contribution >= 4 is 29.9 Å². The summed E-state index contributed by atoms with van der Waals surface area (Å²) in [5, 5.41) is 10.5. The van der Waals surface area contributed by atoms with Gasteiger partial charge in [0.05, 0.1) is 0 Å². The van der Waals surface area contributed by atoms with Gasteiger partial charge in [-0.15, -0.1) is 24.0 Å². The lowest BCUT2D eigenvalue weighted by Crippen LogP contribution is -2.38. The first kappa shape index (κ1) is 21.3. The molecule has 0 aliphatic rings. The summed E-state index contributed by atoms with van der Waals surface area (Å²) >= 11 is 0. The molecule has 0 saturated carbocycles. The Kier molecular flexibility index (Phi) is 10.0. The second-order valence-electron chi connectivity index (χ2n) is 5.80. The lowest BCUT2D eigenvalue weighted by atomic mass is 10.2. The zero-order valence-electron chi connectivity index (χ0n) is 15.0. The van der Waals surface area contributed by atoms with Crippen molar-refractivity contribution < 1.29 is 4.52 Å². The molecule has 2 heterocycles. The molecule has 0 aliphatic heterocycles. The number of guanidine groups is 1. The normalized spacial score (nSPS) is 11.3. The Labute approximate surface area is 166 Å². The molecule has 0 aliphatic carbocycles. The smallest absolute Gasteiger partial charge is 0.226 e. The van der Waals surface area contributed by atoms with Gasteiger partial charge in [0.2, 0.25) is 5.89 Å². The van der Waals surface area contributed by atoms with E-state index in [4.69, 9.17) is 4.52 Å². The van der Waals surface area contributed by atoms with Crippen molar-refractivity contribution in [3.05, 3.63) is 41.8 Å². The summed E-state index contributed by atoms with van der Waals surface area (Å²) in [5.74, 6) is 2.55. The number of hydrogen-bond acceptors (Lipinski definition) is 5. The third kappa shape index (κ3) is 7.80. The van der Waals surface area contributed by atoms with Gasteiger partial charge in [0.25, 0.3) is 0 Å². The van der Waals surface area contributed by atoms with Crippen molar-refractivity contribution in [3.8, 4) is 0 Å². The van der Waals surface area contributed by atoms with Gasteiger partial charge in [-0.05, 0) is 18.6 Å². The van der Waals surface area contributed by atoms with E-state index in [9.17, 15) is 0 Å². The van der Waals surface area contributed by atoms with Crippen molar-refractivity contribution in [1.82, 2.24) is 25.8 Å². The van der Waals surface area contributed by atoms with E-state index in [-0.39, 0.29) is 24.0 Å². The predicted octanol–water partition coefficient (Wildman–Crippen LogP) is 2.55. The number of halogens is 1. The molecule has 8 heteroatoms. The van der Waals surface area contributed by atoms with Gasteiger partial charge in [0, 0.05) is 50.8 Å². The van der Waals surface area contributed by atoms with Crippen LogP contribution in [0, 0.1) is 0 Å². The maximum atomic E-state index is 5.23. The molecule has 0 spiro atoms. The van der Waals surface area contributed by atoms with Crippen LogP contribution >= 0.6 is 24.0 Å². The van der Waals surface area contributed by atoms with E-state index in [0.29, 0.717) is 11.8 Å². The van der Waals surface area contributed by atoms with Crippen LogP contribution in [-0.2, 0) is 12.8 Å². The van der Waals surface area contributed by atoms with Crippen molar-refractivity contribution in [1.29, 1.82) is 0 Å². The van der Waals surface area contributed by atoms with Gasteiger partial charge < -0.3 is 15.2 Å². The number of nitrogens with one attached hydrogen (secondary N) is 2. The van der Waals surface area contributed by atoms with Gasteiger partial charge in [0.15, 0.2) is 11.8 Å². The number of hydrogen-bond donors (Lipinski definition) is 2. The quantitative estimate of drug-likeness (QED) is 0.274. The van der Waals surface area contributed by atoms with E-state index in [0.717, 1.165) is 49.8 Å². The first-order chi connectivity index (χ1) is 11.7. The molecule has 0 unspecified atom stereocenters. The van der Waals surface area contributed by atoms with Gasteiger partial charge in [-0.1, -0.05) is 25.1 Å². The Morgan fingerprint density at radius 3 is 2.64 bits per heavy atom. The molecular weight excluding hydrogens is 431 g/mol. The minimum absolute atomic E-state index is 0. The van der Waals surface area contributed by atoms with Gasteiger partial charge in [-0.2, -0.15) is 4.98 Å². The molecule has 2 aromatic heterocycles. The fourth-order valence-electron chi connectivity index (χ4n) is 2.13. The molecule has 0 fully saturated rings. The van der Waals surface area contributed by atoms with Crippen LogP contribution in [0.1, 0.15) is 43.6 Å². The number of aryl methyl sites for hydroxylation is 1. The molecule has 2 rings (SSSR count). The Bertz CT molecular complexity index is 629. The van der Waals surface area contributed by atoms with Crippen LogP contribution in [0.3, 0.4) is 0 Å². The zero-order chi connectivity index (χ0) is 17.2. The highest BCUT2D eigenvalue weighted by Crippen LogP contribution is 2.10. The fraction of sp³-hybridized carbons (Fsp3) is 0.529. The lowest BCUT2D eigenvalue weighted by Gasteiger charge is -2.11. The minimum atomic E-state index is 0. The molecule has 0 atom stereocenters. The molecule has 138 valence electrons. The van der Waals surface area contributed by atoms with Crippen molar-refractivity contribution in [2.24, 2.45) is 4.99 Å². The maximum absolute atomic E-state index is 5.23. The van der Waals surface area contributed by atoms with Crippen molar-refractivity contribution in [3.63, 3.8) is 0 Å². The van der Waals surface area contributed by atoms with E-state index in [1.54, 1.807) is 7.05 Å². The van der Waals surface area contributed by atoms with Gasteiger partial charge in [-0.25, -0.2) is 0 Å². The molecule has 0 saturated heterocycles. The standard InChI is InChI=1S/C17H26N6O.HI/c1-13(2)16-22-15(24-23-16)8-6-11-20-17(18-3)21-12-9-14-7-4-5-10-19-14;/h4-5,7,10,13H,6,8-9,11-12H2,1-3H3,(H2,18,20,21);1H. The average molecular weight is 458 g/mol. The van der Waals surface area contributed by atoms with E-state index < -0.39 is 0 Å². The van der Waals surface area contributed by atoms with Crippen LogP contribution in [0.5, 0.6) is 0 Å². The first-order valence-corrected chi connectivity index (χ1v) is 8.36. The largest absolute Gasteiger partial charge is 0.356 e. The van der Waals surface area contributed by atoms with Gasteiger partial charge in [0.1, 0.15) is 0 Å². The Hall–Kier alpha value is -1.71. The summed E-state index contributed by atoms with van der Waals surface area (Å²) in [7, 11) is 1.77. The molecule has 7 nitrogen and oxygen atoms in total. The molecule has 2 N–H and O–H groups in total. The number of rotatable bonds is 8. The second kappa shape index (κ2) is 11.8. The third-order valence-electron chi connectivity index (χ3n) is 3.48. The van der Waals surface area contributed by atoms with Crippen LogP contribution in [-0.4, -0.2) is 41.2 Å². The van der Waals surface area contributed by atoms with Crippen LogP contribution < -0.4 is 10.6 Å². The maximum Gasteiger partial charge on any atom is 0.226 e. The molecule has 0 bridgehead atoms. The van der Waals surface area contributed by atoms with E-state index in [1.165, 1.54) is 0 Å². The summed E-state index contributed by atoms with van der Waals surface area (Å²) in [6.45, 7) is 5.69. The Morgan fingerprint density at radius 1 is 1.20 bits per heavy atom. The zero-order valence-corrected chi connectivity index (χ0v) is 17.4. The molecule has 2 aromatic rings. The predicted molar refractivity (Wildman–Crippen MR) is 109 cm³/mol. The van der Waals surface area contributed by atoms with E-state index in [2.05, 4.69) is 44.6 Å². The first-order valence-electron chi connectivity index (χ1n) is 8.36. The van der Waals surface area contributed by atoms with Crippen LogP contribution in [0.25, 0.3) is 0 Å². The molecular formula is C17H27IN6O. The number of nitrogens with zero attached hydrogens (tertiary/aromatic N) is 4. The van der Waals surface area contributed by atoms with Crippen LogP contribution in [0.4, 0.5) is 0 Å². The van der Waals surface area contributed by atoms with Crippen molar-refractivity contribution in [2.45, 2.75) is 39.0 Å². The molecule has 25 heavy (non-hydrogen) atoms. The van der Waals surface area contributed by atoms with Gasteiger partial charge >= 0.3 is 0 Å². The summed E-state index contributed by atoms with van der Waals surface area (Å²) in [6, 6.07) is 5.94. The highest BCUT2D eigenvalue weighted by Gasteiger charge is 2.09. The highest BCUT2D eigenvalue weighted by molar-refractivity contribution is 14.0. The van der Waals surface area contributed by atoms with Crippen LogP contribution in [0.15, 0.2) is 33.9 Å². The molecule has 0 radical (unpaired) electrons. The van der Waals surface area contributed by atoms with E-state index in [1.807, 2.05) is 24.4 Å². The monoisotopic (exact) mass is 458 g/mol. The summed E-state index contributed by atoms with van der Waals surface area (Å²) < 4.78 is 5.23. The average Bonchev–Trinajstić information content (AvgIpc) is 3.07. The number of aromatic nitrogens is 3. The number of pyridine rings is 1. The summed E-state index contributed by atoms with van der Waals surface area (Å²) in [5.41, 5.74) is 1.07. The second-order valence-corrected chi connectivity index (χ2v) is 5.80. The third-order valence-corrected chi connectivity index (χ3v) is 3.48. The fourth-order valence-corrected chi connectivity index (χ4v) is 2.13. The topological polar surface area (TPSA) is 88.2 Å². The summed E-state index contributed by atoms with van der Waals surface area (Å²) in [6.07, 6.45) is 4.34. The van der Waals surface area contributed by atoms with E-state index >= 15 is 0 Å².